The van der Waals surface area contributed by atoms with E-state index in [2.05, 4.69) is 32.2 Å². The molecular formula is C14H22N4O2. The Labute approximate surface area is 119 Å². The summed E-state index contributed by atoms with van der Waals surface area (Å²) >= 11 is 0. The molecule has 6 heteroatoms. The number of pyridine rings is 1. The van der Waals surface area contributed by atoms with Crippen molar-refractivity contribution < 1.29 is 9.53 Å². The maximum Gasteiger partial charge on any atom is 0.407 e. The number of anilines is 1. The first-order valence-electron chi connectivity index (χ1n) is 6.98. The van der Waals surface area contributed by atoms with Crippen molar-refractivity contribution in [2.24, 2.45) is 0 Å². The van der Waals surface area contributed by atoms with Gasteiger partial charge in [-0.3, -0.25) is 4.90 Å². The van der Waals surface area contributed by atoms with E-state index in [1.54, 1.807) is 0 Å². The largest absolute Gasteiger partial charge is 0.453 e. The van der Waals surface area contributed by atoms with Gasteiger partial charge in [0.2, 0.25) is 0 Å². The first-order valence-corrected chi connectivity index (χ1v) is 6.98. The number of rotatable bonds is 5. The molecule has 2 N–H and O–H groups in total. The normalized spacial score (nSPS) is 18.8. The Morgan fingerprint density at radius 3 is 3.15 bits per heavy atom. The van der Waals surface area contributed by atoms with Crippen LogP contribution >= 0.6 is 0 Å². The van der Waals surface area contributed by atoms with Crippen molar-refractivity contribution in [1.29, 1.82) is 0 Å². The van der Waals surface area contributed by atoms with Crippen LogP contribution in [0.25, 0.3) is 0 Å². The van der Waals surface area contributed by atoms with Gasteiger partial charge >= 0.3 is 6.09 Å². The first kappa shape index (κ1) is 14.6. The van der Waals surface area contributed by atoms with Crippen molar-refractivity contribution in [3.05, 3.63) is 23.9 Å². The molecule has 1 aromatic rings. The lowest BCUT2D eigenvalue weighted by atomic mass is 10.3. The molecule has 0 aromatic carbocycles. The van der Waals surface area contributed by atoms with Crippen LogP contribution in [-0.2, 0) is 11.3 Å². The lowest BCUT2D eigenvalue weighted by Gasteiger charge is -2.16. The zero-order valence-corrected chi connectivity index (χ0v) is 12.1. The molecule has 1 unspecified atom stereocenters. The van der Waals surface area contributed by atoms with Gasteiger partial charge < -0.3 is 15.4 Å². The van der Waals surface area contributed by atoms with Crippen LogP contribution in [0.1, 0.15) is 19.0 Å². The van der Waals surface area contributed by atoms with Crippen molar-refractivity contribution in [2.75, 3.05) is 32.1 Å². The minimum Gasteiger partial charge on any atom is -0.453 e. The summed E-state index contributed by atoms with van der Waals surface area (Å²) in [5.41, 5.74) is 1.04. The Bertz CT molecular complexity index is 453. The van der Waals surface area contributed by atoms with Crippen LogP contribution in [0, 0.1) is 0 Å². The lowest BCUT2D eigenvalue weighted by molar-refractivity contribution is 0.166. The molecule has 0 bridgehead atoms. The minimum atomic E-state index is -0.357. The fourth-order valence-corrected chi connectivity index (χ4v) is 2.40. The van der Waals surface area contributed by atoms with Gasteiger partial charge in [-0.1, -0.05) is 6.07 Å². The van der Waals surface area contributed by atoms with E-state index in [4.69, 9.17) is 0 Å². The number of carbonyl (C=O) groups is 1. The number of carbonyl (C=O) groups excluding carboxylic acids is 1. The van der Waals surface area contributed by atoms with Gasteiger partial charge in [-0.05, 0) is 25.5 Å². The average Bonchev–Trinajstić information content (AvgIpc) is 2.86. The molecule has 0 saturated carbocycles. The van der Waals surface area contributed by atoms with Crippen LogP contribution in [0.4, 0.5) is 10.6 Å². The highest BCUT2D eigenvalue weighted by molar-refractivity contribution is 5.67. The summed E-state index contributed by atoms with van der Waals surface area (Å²) in [6.07, 6.45) is 0.589. The van der Waals surface area contributed by atoms with E-state index in [1.165, 1.54) is 7.11 Å². The molecule has 2 heterocycles. The van der Waals surface area contributed by atoms with E-state index in [0.717, 1.165) is 44.1 Å². The monoisotopic (exact) mass is 278 g/mol. The number of nitrogens with one attached hydrogen (secondary N) is 2. The van der Waals surface area contributed by atoms with E-state index in [-0.39, 0.29) is 12.1 Å². The van der Waals surface area contributed by atoms with E-state index in [0.29, 0.717) is 0 Å². The van der Waals surface area contributed by atoms with Gasteiger partial charge in [0.15, 0.2) is 0 Å². The Balaban J connectivity index is 1.85. The van der Waals surface area contributed by atoms with Gasteiger partial charge in [-0.2, -0.15) is 0 Å². The third-order valence-corrected chi connectivity index (χ3v) is 3.33. The first-order chi connectivity index (χ1) is 9.71. The summed E-state index contributed by atoms with van der Waals surface area (Å²) in [4.78, 5) is 18.0. The van der Waals surface area contributed by atoms with Crippen LogP contribution in [0.3, 0.4) is 0 Å². The highest BCUT2D eigenvalue weighted by Crippen LogP contribution is 2.14. The molecule has 1 saturated heterocycles. The second-order valence-electron chi connectivity index (χ2n) is 4.90. The van der Waals surface area contributed by atoms with E-state index >= 15 is 0 Å². The maximum absolute atomic E-state index is 11.2. The van der Waals surface area contributed by atoms with Crippen LogP contribution < -0.4 is 10.6 Å². The SMILES string of the molecule is CCNc1cccc(CN2CCC(NC(=O)OC)C2)n1. The second kappa shape index (κ2) is 7.09. The third-order valence-electron chi connectivity index (χ3n) is 3.33. The minimum absolute atomic E-state index is 0.166. The summed E-state index contributed by atoms with van der Waals surface area (Å²) in [5, 5.41) is 6.05. The van der Waals surface area contributed by atoms with E-state index < -0.39 is 0 Å². The number of hydrogen-bond donors (Lipinski definition) is 2. The van der Waals surface area contributed by atoms with Gasteiger partial charge in [0.05, 0.1) is 12.8 Å². The molecule has 0 aliphatic carbocycles. The predicted molar refractivity (Wildman–Crippen MR) is 77.6 cm³/mol. The van der Waals surface area contributed by atoms with Gasteiger partial charge in [0.25, 0.3) is 0 Å². The zero-order chi connectivity index (χ0) is 14.4. The summed E-state index contributed by atoms with van der Waals surface area (Å²) < 4.78 is 4.62. The number of methoxy groups -OCH3 is 1. The molecule has 110 valence electrons. The second-order valence-corrected chi connectivity index (χ2v) is 4.90. The van der Waals surface area contributed by atoms with Crippen LogP contribution in [0.5, 0.6) is 0 Å². The Morgan fingerprint density at radius 2 is 2.40 bits per heavy atom. The number of likely N-dealkylation sites (tertiary alicyclic amines) is 1. The summed E-state index contributed by atoms with van der Waals surface area (Å²) in [7, 11) is 1.39. The van der Waals surface area contributed by atoms with Crippen molar-refractivity contribution in [2.45, 2.75) is 25.9 Å². The van der Waals surface area contributed by atoms with Gasteiger partial charge in [-0.15, -0.1) is 0 Å². The van der Waals surface area contributed by atoms with Gasteiger partial charge in [-0.25, -0.2) is 9.78 Å². The number of alkyl carbamates (subject to hydrolysis) is 1. The maximum atomic E-state index is 11.2. The molecule has 20 heavy (non-hydrogen) atoms. The molecule has 1 aliphatic heterocycles. The molecule has 1 aromatic heterocycles. The van der Waals surface area contributed by atoms with E-state index in [9.17, 15) is 4.79 Å². The molecule has 1 amide bonds. The summed E-state index contributed by atoms with van der Waals surface area (Å²) in [6, 6.07) is 6.18. The molecule has 1 aliphatic rings. The Morgan fingerprint density at radius 1 is 1.55 bits per heavy atom. The van der Waals surface area contributed by atoms with Crippen molar-refractivity contribution >= 4 is 11.9 Å². The third kappa shape index (κ3) is 4.09. The van der Waals surface area contributed by atoms with Gasteiger partial charge in [0, 0.05) is 32.2 Å². The summed E-state index contributed by atoms with van der Waals surface area (Å²) in [6.45, 7) is 5.52. The van der Waals surface area contributed by atoms with Crippen LogP contribution in [0.15, 0.2) is 18.2 Å². The number of aromatic nitrogens is 1. The van der Waals surface area contributed by atoms with Crippen molar-refractivity contribution in [1.82, 2.24) is 15.2 Å². The Hall–Kier alpha value is -1.82. The van der Waals surface area contributed by atoms with E-state index in [1.807, 2.05) is 18.2 Å². The standard InChI is InChI=1S/C14H22N4O2/c1-3-15-13-6-4-5-11(16-13)9-18-8-7-12(10-18)17-14(19)20-2/h4-6,12H,3,7-10H2,1-2H3,(H,15,16)(H,17,19). The smallest absolute Gasteiger partial charge is 0.407 e. The number of hydrogen-bond acceptors (Lipinski definition) is 5. The fourth-order valence-electron chi connectivity index (χ4n) is 2.40. The van der Waals surface area contributed by atoms with Crippen molar-refractivity contribution in [3.63, 3.8) is 0 Å². The van der Waals surface area contributed by atoms with Crippen LogP contribution in [0.2, 0.25) is 0 Å². The Kier molecular flexibility index (Phi) is 5.17. The quantitative estimate of drug-likeness (QED) is 0.853. The number of nitrogens with zero attached hydrogens (tertiary/aromatic N) is 2. The molecular weight excluding hydrogens is 256 g/mol. The van der Waals surface area contributed by atoms with Gasteiger partial charge in [0.1, 0.15) is 5.82 Å². The van der Waals surface area contributed by atoms with Crippen LogP contribution in [-0.4, -0.2) is 48.8 Å². The summed E-state index contributed by atoms with van der Waals surface area (Å²) in [5.74, 6) is 0.911. The zero-order valence-electron chi connectivity index (χ0n) is 12.1. The lowest BCUT2D eigenvalue weighted by Crippen LogP contribution is -2.36. The van der Waals surface area contributed by atoms with Crippen molar-refractivity contribution in [3.8, 4) is 0 Å². The molecule has 6 nitrogen and oxygen atoms in total. The molecule has 2 rings (SSSR count). The predicted octanol–water partition coefficient (Wildman–Crippen LogP) is 1.44. The highest BCUT2D eigenvalue weighted by atomic mass is 16.5. The molecule has 1 atom stereocenters. The topological polar surface area (TPSA) is 66.5 Å². The number of amides is 1. The fraction of sp³-hybridized carbons (Fsp3) is 0.571. The molecule has 1 fully saturated rings. The molecule has 0 spiro atoms. The molecule has 0 radical (unpaired) electrons. The average molecular weight is 278 g/mol. The number of ether oxygens (including phenoxy) is 1. The highest BCUT2D eigenvalue weighted by Gasteiger charge is 2.24.